The Morgan fingerprint density at radius 3 is 2.82 bits per heavy atom. The molecule has 1 aliphatic heterocycles. The van der Waals surface area contributed by atoms with E-state index in [2.05, 4.69) is 35.9 Å². The van der Waals surface area contributed by atoms with Gasteiger partial charge < -0.3 is 10.2 Å². The van der Waals surface area contributed by atoms with Crippen molar-refractivity contribution >= 4 is 11.8 Å². The summed E-state index contributed by atoms with van der Waals surface area (Å²) >= 11 is 2.14. The van der Waals surface area contributed by atoms with Crippen molar-refractivity contribution in [1.29, 1.82) is 0 Å². The Kier molecular flexibility index (Phi) is 5.64. The maximum atomic E-state index is 3.56. The number of nitrogens with one attached hydrogen (secondary N) is 1. The van der Waals surface area contributed by atoms with Gasteiger partial charge in [-0.2, -0.15) is 11.8 Å². The summed E-state index contributed by atoms with van der Waals surface area (Å²) in [6.07, 6.45) is 7.14. The zero-order valence-electron chi connectivity index (χ0n) is 11.5. The van der Waals surface area contributed by atoms with E-state index in [0.29, 0.717) is 0 Å². The summed E-state index contributed by atoms with van der Waals surface area (Å²) in [7, 11) is 2.15. The van der Waals surface area contributed by atoms with Crippen molar-refractivity contribution in [3.63, 3.8) is 0 Å². The van der Waals surface area contributed by atoms with Crippen LogP contribution in [0.4, 0.5) is 0 Å². The Bertz CT molecular complexity index is 222. The van der Waals surface area contributed by atoms with E-state index in [9.17, 15) is 0 Å². The first-order chi connectivity index (χ1) is 8.29. The van der Waals surface area contributed by atoms with Crippen LogP contribution in [0.5, 0.6) is 0 Å². The van der Waals surface area contributed by atoms with Crippen molar-refractivity contribution in [3.8, 4) is 0 Å². The molecule has 2 aliphatic rings. The molecule has 17 heavy (non-hydrogen) atoms. The molecule has 0 spiro atoms. The van der Waals surface area contributed by atoms with Crippen LogP contribution in [0.3, 0.4) is 0 Å². The smallest absolute Gasteiger partial charge is 0.0147 e. The fourth-order valence-corrected chi connectivity index (χ4v) is 4.45. The highest BCUT2D eigenvalue weighted by Crippen LogP contribution is 2.26. The topological polar surface area (TPSA) is 15.3 Å². The van der Waals surface area contributed by atoms with E-state index in [1.165, 1.54) is 57.5 Å². The molecule has 0 bridgehead atoms. The standard InChI is InChI=1S/C14H28N2S/c1-12-10-16(8-9-17-12)11-13-6-4-3-5-7-14(13)15-2/h12-15H,3-11H2,1-2H3. The molecule has 3 heteroatoms. The van der Waals surface area contributed by atoms with E-state index >= 15 is 0 Å². The Balaban J connectivity index is 1.85. The summed E-state index contributed by atoms with van der Waals surface area (Å²) in [4.78, 5) is 2.71. The average molecular weight is 256 g/mol. The van der Waals surface area contributed by atoms with Gasteiger partial charge in [-0.15, -0.1) is 0 Å². The summed E-state index contributed by atoms with van der Waals surface area (Å²) in [5.41, 5.74) is 0. The molecule has 2 nitrogen and oxygen atoms in total. The van der Waals surface area contributed by atoms with E-state index in [-0.39, 0.29) is 0 Å². The van der Waals surface area contributed by atoms with E-state index in [1.807, 2.05) is 0 Å². The monoisotopic (exact) mass is 256 g/mol. The van der Waals surface area contributed by atoms with Crippen LogP contribution in [0.15, 0.2) is 0 Å². The minimum atomic E-state index is 0.766. The lowest BCUT2D eigenvalue weighted by atomic mass is 9.94. The molecular weight excluding hydrogens is 228 g/mol. The van der Waals surface area contributed by atoms with E-state index in [0.717, 1.165) is 17.2 Å². The van der Waals surface area contributed by atoms with Gasteiger partial charge in [0, 0.05) is 36.7 Å². The fourth-order valence-electron chi connectivity index (χ4n) is 3.37. The quantitative estimate of drug-likeness (QED) is 0.782. The summed E-state index contributed by atoms with van der Waals surface area (Å²) in [5.74, 6) is 2.22. The van der Waals surface area contributed by atoms with Crippen LogP contribution in [0.2, 0.25) is 0 Å². The van der Waals surface area contributed by atoms with Gasteiger partial charge in [-0.05, 0) is 25.8 Å². The van der Waals surface area contributed by atoms with Gasteiger partial charge in [-0.3, -0.25) is 0 Å². The molecule has 3 unspecified atom stereocenters. The van der Waals surface area contributed by atoms with Crippen molar-refractivity contribution in [2.75, 3.05) is 32.4 Å². The van der Waals surface area contributed by atoms with Gasteiger partial charge in [0.1, 0.15) is 0 Å². The molecule has 2 fully saturated rings. The molecule has 0 amide bonds. The van der Waals surface area contributed by atoms with Gasteiger partial charge in [0.2, 0.25) is 0 Å². The molecule has 1 N–H and O–H groups in total. The maximum Gasteiger partial charge on any atom is 0.0147 e. The summed E-state index contributed by atoms with van der Waals surface area (Å²) in [6, 6.07) is 0.766. The maximum absolute atomic E-state index is 3.56. The van der Waals surface area contributed by atoms with Crippen molar-refractivity contribution in [2.24, 2.45) is 5.92 Å². The minimum absolute atomic E-state index is 0.766. The fraction of sp³-hybridized carbons (Fsp3) is 1.00. The highest BCUT2D eigenvalue weighted by atomic mass is 32.2. The second kappa shape index (κ2) is 7.01. The van der Waals surface area contributed by atoms with Gasteiger partial charge in [-0.1, -0.05) is 26.2 Å². The molecule has 1 saturated heterocycles. The molecule has 100 valence electrons. The molecule has 3 atom stereocenters. The first-order valence-corrected chi connectivity index (χ1v) is 8.35. The van der Waals surface area contributed by atoms with Gasteiger partial charge in [0.15, 0.2) is 0 Å². The first-order valence-electron chi connectivity index (χ1n) is 7.31. The van der Waals surface area contributed by atoms with Crippen LogP contribution in [-0.2, 0) is 0 Å². The molecule has 0 aromatic rings. The molecule has 0 radical (unpaired) electrons. The first kappa shape index (κ1) is 13.7. The van der Waals surface area contributed by atoms with Gasteiger partial charge in [0.25, 0.3) is 0 Å². The minimum Gasteiger partial charge on any atom is -0.317 e. The lowest BCUT2D eigenvalue weighted by Gasteiger charge is -2.35. The zero-order valence-corrected chi connectivity index (χ0v) is 12.3. The number of hydrogen-bond donors (Lipinski definition) is 1. The molecule has 1 heterocycles. The predicted octanol–water partition coefficient (Wildman–Crippen LogP) is 2.59. The second-order valence-corrected chi connectivity index (χ2v) is 7.28. The van der Waals surface area contributed by atoms with Crippen LogP contribution >= 0.6 is 11.8 Å². The van der Waals surface area contributed by atoms with Crippen LogP contribution in [0.1, 0.15) is 39.0 Å². The van der Waals surface area contributed by atoms with Crippen LogP contribution in [-0.4, -0.2) is 48.6 Å². The molecule has 0 aromatic carbocycles. The zero-order chi connectivity index (χ0) is 12.1. The Morgan fingerprint density at radius 2 is 2.06 bits per heavy atom. The molecule has 1 aliphatic carbocycles. The van der Waals surface area contributed by atoms with Crippen LogP contribution in [0.25, 0.3) is 0 Å². The normalized spacial score (nSPS) is 36.7. The highest BCUT2D eigenvalue weighted by molar-refractivity contribution is 7.99. The third-order valence-corrected chi connectivity index (χ3v) is 5.48. The summed E-state index contributed by atoms with van der Waals surface area (Å²) in [5, 5.41) is 4.40. The van der Waals surface area contributed by atoms with Gasteiger partial charge in [-0.25, -0.2) is 0 Å². The second-order valence-electron chi connectivity index (χ2n) is 5.73. The van der Waals surface area contributed by atoms with Crippen molar-refractivity contribution in [3.05, 3.63) is 0 Å². The van der Waals surface area contributed by atoms with Crippen molar-refractivity contribution in [2.45, 2.75) is 50.3 Å². The van der Waals surface area contributed by atoms with Crippen molar-refractivity contribution < 1.29 is 0 Å². The van der Waals surface area contributed by atoms with E-state index in [1.54, 1.807) is 0 Å². The summed E-state index contributed by atoms with van der Waals surface area (Å²) < 4.78 is 0. The van der Waals surface area contributed by atoms with Crippen molar-refractivity contribution in [1.82, 2.24) is 10.2 Å². The number of nitrogens with zero attached hydrogens (tertiary/aromatic N) is 1. The Labute approximate surface area is 111 Å². The third-order valence-electron chi connectivity index (χ3n) is 4.35. The Hall–Kier alpha value is 0.270. The Morgan fingerprint density at radius 1 is 1.24 bits per heavy atom. The SMILES string of the molecule is CNC1CCCCCC1CN1CCSC(C)C1. The highest BCUT2D eigenvalue weighted by Gasteiger charge is 2.26. The van der Waals surface area contributed by atoms with Gasteiger partial charge >= 0.3 is 0 Å². The third kappa shape index (κ3) is 4.15. The predicted molar refractivity (Wildman–Crippen MR) is 77.8 cm³/mol. The van der Waals surface area contributed by atoms with E-state index < -0.39 is 0 Å². The number of rotatable bonds is 3. The lowest BCUT2D eigenvalue weighted by molar-refractivity contribution is 0.203. The van der Waals surface area contributed by atoms with E-state index in [4.69, 9.17) is 0 Å². The largest absolute Gasteiger partial charge is 0.317 e. The summed E-state index contributed by atoms with van der Waals surface area (Å²) in [6.45, 7) is 6.31. The number of hydrogen-bond acceptors (Lipinski definition) is 3. The number of thioether (sulfide) groups is 1. The van der Waals surface area contributed by atoms with Crippen LogP contribution in [0, 0.1) is 5.92 Å². The van der Waals surface area contributed by atoms with Gasteiger partial charge in [0.05, 0.1) is 0 Å². The lowest BCUT2D eigenvalue weighted by Crippen LogP contribution is -2.44. The molecule has 0 aromatic heterocycles. The molecule has 1 saturated carbocycles. The average Bonchev–Trinajstić information content (AvgIpc) is 2.54. The molecule has 2 rings (SSSR count). The molecular formula is C14H28N2S. The van der Waals surface area contributed by atoms with Crippen LogP contribution < -0.4 is 5.32 Å².